The van der Waals surface area contributed by atoms with Crippen LogP contribution in [0.25, 0.3) is 0 Å². The Bertz CT molecular complexity index is 1020. The van der Waals surface area contributed by atoms with Crippen molar-refractivity contribution in [3.05, 3.63) is 65.7 Å². The van der Waals surface area contributed by atoms with Gasteiger partial charge in [0, 0.05) is 49.4 Å². The summed E-state index contributed by atoms with van der Waals surface area (Å²) in [5.74, 6) is 0.0318. The molecule has 0 aromatic heterocycles. The zero-order chi connectivity index (χ0) is 22.1. The van der Waals surface area contributed by atoms with Gasteiger partial charge in [-0.1, -0.05) is 36.4 Å². The van der Waals surface area contributed by atoms with E-state index >= 15 is 0 Å². The number of rotatable bonds is 5. The Hall–Kier alpha value is -3.19. The van der Waals surface area contributed by atoms with Gasteiger partial charge >= 0.3 is 0 Å². The van der Waals surface area contributed by atoms with Crippen LogP contribution in [0.2, 0.25) is 0 Å². The van der Waals surface area contributed by atoms with Gasteiger partial charge in [-0.25, -0.2) is 0 Å². The molecule has 2 N–H and O–H groups in total. The molecule has 0 aliphatic carbocycles. The summed E-state index contributed by atoms with van der Waals surface area (Å²) in [4.78, 5) is 42.0. The number of nitrogens with zero attached hydrogens (tertiary/aromatic N) is 2. The third-order valence-electron chi connectivity index (χ3n) is 6.87. The van der Waals surface area contributed by atoms with Crippen molar-refractivity contribution in [3.8, 4) is 0 Å². The maximum atomic E-state index is 12.9. The summed E-state index contributed by atoms with van der Waals surface area (Å²) >= 11 is 0. The van der Waals surface area contributed by atoms with Gasteiger partial charge < -0.3 is 15.5 Å². The molecular weight excluding hydrogens is 404 g/mol. The molecule has 32 heavy (non-hydrogen) atoms. The number of hydrogen-bond donors (Lipinski definition) is 2. The van der Waals surface area contributed by atoms with Crippen LogP contribution in [0.4, 0.5) is 5.69 Å². The van der Waals surface area contributed by atoms with Gasteiger partial charge in [-0.3, -0.25) is 19.3 Å². The lowest BCUT2D eigenvalue weighted by atomic mass is 10.0. The number of nitrogens with one attached hydrogen (secondary N) is 2. The van der Waals surface area contributed by atoms with Crippen LogP contribution in [0.15, 0.2) is 54.6 Å². The van der Waals surface area contributed by atoms with E-state index in [-0.39, 0.29) is 35.8 Å². The third kappa shape index (κ3) is 4.00. The van der Waals surface area contributed by atoms with Crippen LogP contribution in [-0.4, -0.2) is 60.4 Å². The lowest BCUT2D eigenvalue weighted by molar-refractivity contribution is -0.129. The summed E-state index contributed by atoms with van der Waals surface area (Å²) in [5.41, 5.74) is 2.87. The lowest BCUT2D eigenvalue weighted by Gasteiger charge is -2.37. The average molecular weight is 433 g/mol. The van der Waals surface area contributed by atoms with E-state index in [0.717, 1.165) is 18.7 Å². The highest BCUT2D eigenvalue weighted by Gasteiger charge is 2.44. The van der Waals surface area contributed by atoms with Crippen LogP contribution in [0, 0.1) is 0 Å². The summed E-state index contributed by atoms with van der Waals surface area (Å²) < 4.78 is 0. The Morgan fingerprint density at radius 2 is 1.84 bits per heavy atom. The quantitative estimate of drug-likeness (QED) is 0.754. The smallest absolute Gasteiger partial charge is 0.251 e. The van der Waals surface area contributed by atoms with Crippen LogP contribution in [0.3, 0.4) is 0 Å². The minimum Gasteiger partial charge on any atom is -0.353 e. The molecule has 0 saturated carbocycles. The van der Waals surface area contributed by atoms with Gasteiger partial charge in [0.1, 0.15) is 0 Å². The fourth-order valence-electron chi connectivity index (χ4n) is 5.23. The minimum atomic E-state index is -0.252. The van der Waals surface area contributed by atoms with E-state index < -0.39 is 0 Å². The van der Waals surface area contributed by atoms with Crippen molar-refractivity contribution in [3.63, 3.8) is 0 Å². The zero-order valence-corrected chi connectivity index (χ0v) is 18.0. The van der Waals surface area contributed by atoms with E-state index in [4.69, 9.17) is 0 Å². The predicted octanol–water partition coefficient (Wildman–Crippen LogP) is 1.73. The van der Waals surface area contributed by atoms with Gasteiger partial charge in [0.05, 0.1) is 6.04 Å². The molecule has 0 spiro atoms. The number of hydrogen-bond acceptors (Lipinski definition) is 4. The SMILES string of the molecule is O=C(N[C@H]1C[C@H]2C(=O)NC[C@@H](CCC(=O)N3CCc4ccccc43)N2C1)c1ccccc1. The Morgan fingerprint density at radius 3 is 2.69 bits per heavy atom. The van der Waals surface area contributed by atoms with Gasteiger partial charge in [-0.05, 0) is 43.0 Å². The summed E-state index contributed by atoms with van der Waals surface area (Å²) in [7, 11) is 0. The molecule has 7 nitrogen and oxygen atoms in total. The van der Waals surface area contributed by atoms with Gasteiger partial charge in [-0.2, -0.15) is 0 Å². The van der Waals surface area contributed by atoms with E-state index in [1.54, 1.807) is 12.1 Å². The fraction of sp³-hybridized carbons (Fsp3) is 0.400. The minimum absolute atomic E-state index is 0.0116. The monoisotopic (exact) mass is 432 g/mol. The fourth-order valence-corrected chi connectivity index (χ4v) is 5.23. The topological polar surface area (TPSA) is 81.8 Å². The van der Waals surface area contributed by atoms with Crippen molar-refractivity contribution < 1.29 is 14.4 Å². The molecular formula is C25H28N4O3. The molecule has 2 saturated heterocycles. The van der Waals surface area contributed by atoms with Crippen molar-refractivity contribution in [2.24, 2.45) is 0 Å². The highest BCUT2D eigenvalue weighted by molar-refractivity contribution is 5.95. The molecule has 7 heteroatoms. The van der Waals surface area contributed by atoms with Gasteiger partial charge in [-0.15, -0.1) is 0 Å². The largest absolute Gasteiger partial charge is 0.353 e. The van der Waals surface area contributed by atoms with Gasteiger partial charge in [0.2, 0.25) is 11.8 Å². The molecule has 3 atom stereocenters. The summed E-state index contributed by atoms with van der Waals surface area (Å²) in [6.45, 7) is 1.90. The Labute approximate surface area is 187 Å². The highest BCUT2D eigenvalue weighted by atomic mass is 16.2. The number of piperazine rings is 1. The molecule has 2 aromatic rings. The molecule has 0 unspecified atom stereocenters. The third-order valence-corrected chi connectivity index (χ3v) is 6.87. The van der Waals surface area contributed by atoms with Crippen molar-refractivity contribution in [1.29, 1.82) is 0 Å². The number of carbonyl (C=O) groups excluding carboxylic acids is 3. The first-order valence-electron chi connectivity index (χ1n) is 11.4. The van der Waals surface area contributed by atoms with Crippen LogP contribution in [0.1, 0.15) is 35.2 Å². The molecule has 3 heterocycles. The van der Waals surface area contributed by atoms with Crippen LogP contribution >= 0.6 is 0 Å². The van der Waals surface area contributed by atoms with E-state index in [1.807, 2.05) is 41.3 Å². The van der Waals surface area contributed by atoms with Crippen molar-refractivity contribution in [1.82, 2.24) is 15.5 Å². The normalized spacial score (nSPS) is 24.6. The molecule has 166 valence electrons. The van der Waals surface area contributed by atoms with Gasteiger partial charge in [0.15, 0.2) is 0 Å². The highest BCUT2D eigenvalue weighted by Crippen LogP contribution is 2.30. The number of para-hydroxylation sites is 1. The van der Waals surface area contributed by atoms with Crippen LogP contribution in [0.5, 0.6) is 0 Å². The Balaban J connectivity index is 1.20. The molecule has 3 aliphatic heterocycles. The molecule has 0 radical (unpaired) electrons. The second-order valence-electron chi connectivity index (χ2n) is 8.85. The Kier molecular flexibility index (Phi) is 5.66. The molecule has 0 bridgehead atoms. The Morgan fingerprint density at radius 1 is 1.06 bits per heavy atom. The molecule has 3 aliphatic rings. The lowest BCUT2D eigenvalue weighted by Crippen LogP contribution is -2.58. The number of benzene rings is 2. The molecule has 5 rings (SSSR count). The van der Waals surface area contributed by atoms with Crippen LogP contribution < -0.4 is 15.5 Å². The second-order valence-corrected chi connectivity index (χ2v) is 8.85. The van der Waals surface area contributed by atoms with Crippen molar-refractivity contribution >= 4 is 23.4 Å². The van der Waals surface area contributed by atoms with E-state index in [2.05, 4.69) is 21.6 Å². The number of amides is 3. The summed E-state index contributed by atoms with van der Waals surface area (Å²) in [6.07, 6.45) is 2.62. The maximum absolute atomic E-state index is 12.9. The summed E-state index contributed by atoms with van der Waals surface area (Å²) in [5, 5.41) is 6.08. The second kappa shape index (κ2) is 8.74. The average Bonchev–Trinajstić information content (AvgIpc) is 3.44. The first-order valence-corrected chi connectivity index (χ1v) is 11.4. The standard InChI is InChI=1S/C25H28N4O3/c30-23(28-13-12-17-6-4-5-9-21(17)28)11-10-20-15-26-25(32)22-14-19(16-29(20)22)27-24(31)18-7-2-1-3-8-18/h1-9,19-20,22H,10-16H2,(H,26,32)(H,27,31)/t19-,20+,22-/m0/s1. The molecule has 2 fully saturated rings. The first kappa shape index (κ1) is 20.7. The van der Waals surface area contributed by atoms with Crippen molar-refractivity contribution in [2.75, 3.05) is 24.5 Å². The maximum Gasteiger partial charge on any atom is 0.251 e. The van der Waals surface area contributed by atoms with E-state index in [0.29, 0.717) is 37.9 Å². The first-order chi connectivity index (χ1) is 15.6. The van der Waals surface area contributed by atoms with Crippen LogP contribution in [-0.2, 0) is 16.0 Å². The molecule has 3 amide bonds. The number of fused-ring (bicyclic) bond motifs is 2. The summed E-state index contributed by atoms with van der Waals surface area (Å²) in [6, 6.07) is 17.0. The predicted molar refractivity (Wildman–Crippen MR) is 121 cm³/mol. The zero-order valence-electron chi connectivity index (χ0n) is 18.0. The molecule has 2 aromatic carbocycles. The van der Waals surface area contributed by atoms with E-state index in [1.165, 1.54) is 5.56 Å². The van der Waals surface area contributed by atoms with E-state index in [9.17, 15) is 14.4 Å². The van der Waals surface area contributed by atoms with Gasteiger partial charge in [0.25, 0.3) is 5.91 Å². The van der Waals surface area contributed by atoms with Crippen molar-refractivity contribution in [2.45, 2.75) is 43.8 Å². The number of carbonyl (C=O) groups is 3. The number of anilines is 1.